The number of ketones is 1. The van der Waals surface area contributed by atoms with E-state index in [4.69, 9.17) is 5.26 Å². The largest absolute Gasteiger partial charge is 0.384 e. The molecular formula is C11H10N2O. The lowest BCUT2D eigenvalue weighted by Crippen LogP contribution is -2.19. The number of hydrogen-bond acceptors (Lipinski definition) is 3. The first-order chi connectivity index (χ1) is 6.74. The molecule has 0 aliphatic carbocycles. The van der Waals surface area contributed by atoms with Gasteiger partial charge in [-0.3, -0.25) is 4.79 Å². The fourth-order valence-corrected chi connectivity index (χ4v) is 1.73. The van der Waals surface area contributed by atoms with Crippen LogP contribution in [0.15, 0.2) is 12.1 Å². The van der Waals surface area contributed by atoms with E-state index in [0.29, 0.717) is 24.1 Å². The van der Waals surface area contributed by atoms with Crippen molar-refractivity contribution < 1.29 is 4.79 Å². The molecule has 3 nitrogen and oxygen atoms in total. The highest BCUT2D eigenvalue weighted by atomic mass is 16.1. The molecule has 0 atom stereocenters. The zero-order valence-corrected chi connectivity index (χ0v) is 7.92. The van der Waals surface area contributed by atoms with Crippen LogP contribution in [0.4, 0.5) is 5.69 Å². The van der Waals surface area contributed by atoms with E-state index in [9.17, 15) is 4.79 Å². The zero-order valence-electron chi connectivity index (χ0n) is 7.92. The van der Waals surface area contributed by atoms with Gasteiger partial charge in [0.2, 0.25) is 0 Å². The number of nitrogens with zero attached hydrogens (tertiary/aromatic N) is 1. The van der Waals surface area contributed by atoms with Gasteiger partial charge < -0.3 is 5.32 Å². The van der Waals surface area contributed by atoms with E-state index in [2.05, 4.69) is 11.4 Å². The van der Waals surface area contributed by atoms with E-state index in [1.807, 2.05) is 6.92 Å². The Morgan fingerprint density at radius 1 is 1.50 bits per heavy atom. The van der Waals surface area contributed by atoms with E-state index in [1.165, 1.54) is 0 Å². The molecule has 0 aromatic heterocycles. The van der Waals surface area contributed by atoms with E-state index in [0.717, 1.165) is 11.3 Å². The fraction of sp³-hybridized carbons (Fsp3) is 0.273. The lowest BCUT2D eigenvalue weighted by Gasteiger charge is -2.19. The Balaban J connectivity index is 2.64. The number of Topliss-reactive ketones (excluding diaryl/α,β-unsaturated/α-hetero) is 1. The Labute approximate surface area is 82.4 Å². The van der Waals surface area contributed by atoms with Crippen LogP contribution < -0.4 is 5.32 Å². The molecule has 1 aliphatic rings. The number of carbonyl (C=O) groups is 1. The van der Waals surface area contributed by atoms with E-state index < -0.39 is 0 Å². The molecule has 2 rings (SSSR count). The van der Waals surface area contributed by atoms with Gasteiger partial charge in [-0.05, 0) is 24.6 Å². The molecule has 1 aliphatic heterocycles. The third-order valence-electron chi connectivity index (χ3n) is 2.54. The van der Waals surface area contributed by atoms with Gasteiger partial charge in [-0.2, -0.15) is 5.26 Å². The van der Waals surface area contributed by atoms with Crippen LogP contribution in [-0.4, -0.2) is 12.3 Å². The van der Waals surface area contributed by atoms with Crippen LogP contribution in [0.25, 0.3) is 0 Å². The third-order valence-corrected chi connectivity index (χ3v) is 2.54. The third kappa shape index (κ3) is 1.16. The molecular weight excluding hydrogens is 176 g/mol. The second-order valence-corrected chi connectivity index (χ2v) is 3.37. The van der Waals surface area contributed by atoms with Crippen LogP contribution in [-0.2, 0) is 0 Å². The lowest BCUT2D eigenvalue weighted by atomic mass is 9.96. The Bertz CT molecular complexity index is 443. The molecule has 0 saturated heterocycles. The molecule has 1 aromatic rings. The molecule has 1 aromatic carbocycles. The summed E-state index contributed by atoms with van der Waals surface area (Å²) in [6.07, 6.45) is 0.540. The van der Waals surface area contributed by atoms with Crippen molar-refractivity contribution in [2.45, 2.75) is 13.3 Å². The number of benzene rings is 1. The highest BCUT2D eigenvalue weighted by molar-refractivity contribution is 6.04. The summed E-state index contributed by atoms with van der Waals surface area (Å²) in [4.78, 5) is 11.5. The van der Waals surface area contributed by atoms with Crippen LogP contribution in [0.1, 0.15) is 27.9 Å². The first-order valence-electron chi connectivity index (χ1n) is 4.55. The maximum atomic E-state index is 11.5. The summed E-state index contributed by atoms with van der Waals surface area (Å²) >= 11 is 0. The van der Waals surface area contributed by atoms with Gasteiger partial charge >= 0.3 is 0 Å². The first-order valence-corrected chi connectivity index (χ1v) is 4.55. The molecule has 1 N–H and O–H groups in total. The SMILES string of the molecule is Cc1c(C#N)ccc2c1NCCC2=O. The topological polar surface area (TPSA) is 52.9 Å². The van der Waals surface area contributed by atoms with Crippen molar-refractivity contribution in [2.24, 2.45) is 0 Å². The summed E-state index contributed by atoms with van der Waals surface area (Å²) in [5, 5.41) is 12.0. The molecule has 0 amide bonds. The van der Waals surface area contributed by atoms with Gasteiger partial charge in [0.15, 0.2) is 5.78 Å². The van der Waals surface area contributed by atoms with Crippen LogP contribution in [0, 0.1) is 18.3 Å². The van der Waals surface area contributed by atoms with Crippen molar-refractivity contribution in [3.8, 4) is 6.07 Å². The van der Waals surface area contributed by atoms with Crippen molar-refractivity contribution in [2.75, 3.05) is 11.9 Å². The quantitative estimate of drug-likeness (QED) is 0.672. The van der Waals surface area contributed by atoms with Gasteiger partial charge in [-0.15, -0.1) is 0 Å². The fourth-order valence-electron chi connectivity index (χ4n) is 1.73. The van der Waals surface area contributed by atoms with Gasteiger partial charge in [-0.25, -0.2) is 0 Å². The minimum absolute atomic E-state index is 0.159. The Hall–Kier alpha value is -1.82. The smallest absolute Gasteiger partial charge is 0.166 e. The number of nitrogens with one attached hydrogen (secondary N) is 1. The van der Waals surface area contributed by atoms with Gasteiger partial charge in [0.25, 0.3) is 0 Å². The number of nitriles is 1. The number of anilines is 1. The summed E-state index contributed by atoms with van der Waals surface area (Å²) in [5.41, 5.74) is 3.05. The molecule has 0 saturated carbocycles. The zero-order chi connectivity index (χ0) is 10.1. The molecule has 0 fully saturated rings. The van der Waals surface area contributed by atoms with Gasteiger partial charge in [-0.1, -0.05) is 0 Å². The molecule has 0 radical (unpaired) electrons. The summed E-state index contributed by atoms with van der Waals surface area (Å²) in [7, 11) is 0. The van der Waals surface area contributed by atoms with Crippen molar-refractivity contribution in [1.82, 2.24) is 0 Å². The first kappa shape index (κ1) is 8.76. The van der Waals surface area contributed by atoms with Gasteiger partial charge in [0, 0.05) is 24.2 Å². The van der Waals surface area contributed by atoms with Crippen molar-refractivity contribution in [3.63, 3.8) is 0 Å². The van der Waals surface area contributed by atoms with Crippen molar-refractivity contribution in [3.05, 3.63) is 28.8 Å². The highest BCUT2D eigenvalue weighted by Gasteiger charge is 2.19. The summed E-state index contributed by atoms with van der Waals surface area (Å²) in [6.45, 7) is 2.53. The molecule has 0 bridgehead atoms. The highest BCUT2D eigenvalue weighted by Crippen LogP contribution is 2.27. The van der Waals surface area contributed by atoms with Crippen LogP contribution in [0.5, 0.6) is 0 Å². The molecule has 0 unspecified atom stereocenters. The number of hydrogen-bond donors (Lipinski definition) is 1. The standard InChI is InChI=1S/C11H10N2O/c1-7-8(6-12)2-3-9-10(14)4-5-13-11(7)9/h2-3,13H,4-5H2,1H3. The minimum Gasteiger partial charge on any atom is -0.384 e. The average molecular weight is 186 g/mol. The predicted molar refractivity (Wildman–Crippen MR) is 53.3 cm³/mol. The Kier molecular flexibility index (Phi) is 1.97. The van der Waals surface area contributed by atoms with Crippen LogP contribution >= 0.6 is 0 Å². The molecule has 14 heavy (non-hydrogen) atoms. The van der Waals surface area contributed by atoms with Crippen LogP contribution in [0.3, 0.4) is 0 Å². The van der Waals surface area contributed by atoms with Gasteiger partial charge in [0.1, 0.15) is 0 Å². The van der Waals surface area contributed by atoms with Gasteiger partial charge in [0.05, 0.1) is 11.6 Å². The maximum Gasteiger partial charge on any atom is 0.166 e. The van der Waals surface area contributed by atoms with E-state index in [1.54, 1.807) is 12.1 Å². The number of rotatable bonds is 0. The second-order valence-electron chi connectivity index (χ2n) is 3.37. The molecule has 3 heteroatoms. The van der Waals surface area contributed by atoms with Crippen molar-refractivity contribution >= 4 is 11.5 Å². The number of fused-ring (bicyclic) bond motifs is 1. The Morgan fingerprint density at radius 3 is 3.00 bits per heavy atom. The lowest BCUT2D eigenvalue weighted by molar-refractivity contribution is 0.0983. The second kappa shape index (κ2) is 3.15. The van der Waals surface area contributed by atoms with Crippen molar-refractivity contribution in [1.29, 1.82) is 5.26 Å². The maximum absolute atomic E-state index is 11.5. The average Bonchev–Trinajstić information content (AvgIpc) is 2.20. The molecule has 0 spiro atoms. The summed E-state index contributed by atoms with van der Waals surface area (Å²) in [6, 6.07) is 5.55. The normalized spacial score (nSPS) is 14.1. The van der Waals surface area contributed by atoms with E-state index >= 15 is 0 Å². The van der Waals surface area contributed by atoms with Crippen LogP contribution in [0.2, 0.25) is 0 Å². The summed E-state index contributed by atoms with van der Waals surface area (Å²) < 4.78 is 0. The predicted octanol–water partition coefficient (Wildman–Crippen LogP) is 1.86. The number of carbonyl (C=O) groups excluding carboxylic acids is 1. The molecule has 1 heterocycles. The monoisotopic (exact) mass is 186 g/mol. The van der Waals surface area contributed by atoms with E-state index in [-0.39, 0.29) is 5.78 Å². The Morgan fingerprint density at radius 2 is 2.29 bits per heavy atom. The molecule has 70 valence electrons. The minimum atomic E-state index is 0.159. The summed E-state index contributed by atoms with van der Waals surface area (Å²) in [5.74, 6) is 0.159.